The van der Waals surface area contributed by atoms with E-state index in [1.165, 1.54) is 11.8 Å². The van der Waals surface area contributed by atoms with E-state index >= 15 is 0 Å². The van der Waals surface area contributed by atoms with Crippen LogP contribution in [-0.4, -0.2) is 23.4 Å². The van der Waals surface area contributed by atoms with Crippen molar-refractivity contribution in [1.29, 1.82) is 0 Å². The van der Waals surface area contributed by atoms with Gasteiger partial charge in [-0.3, -0.25) is 4.79 Å². The van der Waals surface area contributed by atoms with Gasteiger partial charge in [0, 0.05) is 4.90 Å². The fraction of sp³-hybridized carbons (Fsp3) is 0.300. The van der Waals surface area contributed by atoms with Gasteiger partial charge < -0.3 is 16.2 Å². The van der Waals surface area contributed by atoms with Crippen molar-refractivity contribution in [3.63, 3.8) is 0 Å². The Kier molecular flexibility index (Phi) is 2.95. The molecule has 15 heavy (non-hydrogen) atoms. The maximum atomic E-state index is 11.1. The fourth-order valence-corrected chi connectivity index (χ4v) is 2.28. The van der Waals surface area contributed by atoms with Gasteiger partial charge in [-0.2, -0.15) is 0 Å². The lowest BCUT2D eigenvalue weighted by molar-refractivity contribution is -0.113. The first-order chi connectivity index (χ1) is 7.20. The third kappa shape index (κ3) is 2.14. The van der Waals surface area contributed by atoms with Crippen LogP contribution in [0.4, 0.5) is 5.69 Å². The summed E-state index contributed by atoms with van der Waals surface area (Å²) in [4.78, 5) is 12.1. The molecule has 1 amide bonds. The first-order valence-corrected chi connectivity index (χ1v) is 5.62. The van der Waals surface area contributed by atoms with Crippen LogP contribution in [0.3, 0.4) is 0 Å². The lowest BCUT2D eigenvalue weighted by atomic mass is 10.1. The second-order valence-electron chi connectivity index (χ2n) is 3.38. The van der Waals surface area contributed by atoms with Gasteiger partial charge in [-0.05, 0) is 17.7 Å². The number of aliphatic hydroxyl groups excluding tert-OH is 1. The van der Waals surface area contributed by atoms with Gasteiger partial charge in [0.15, 0.2) is 0 Å². The van der Waals surface area contributed by atoms with Crippen molar-refractivity contribution >= 4 is 23.4 Å². The normalized spacial score (nSPS) is 16.8. The van der Waals surface area contributed by atoms with E-state index < -0.39 is 0 Å². The molecule has 0 saturated heterocycles. The van der Waals surface area contributed by atoms with Gasteiger partial charge in [-0.25, -0.2) is 0 Å². The van der Waals surface area contributed by atoms with Crippen LogP contribution < -0.4 is 11.1 Å². The molecule has 0 spiro atoms. The predicted octanol–water partition coefficient (Wildman–Crippen LogP) is 0.723. The summed E-state index contributed by atoms with van der Waals surface area (Å²) in [5.41, 5.74) is 7.42. The van der Waals surface area contributed by atoms with Gasteiger partial charge in [0.2, 0.25) is 5.91 Å². The minimum atomic E-state index is -0.353. The summed E-state index contributed by atoms with van der Waals surface area (Å²) in [5, 5.41) is 11.7. The molecule has 1 aliphatic rings. The molecule has 5 heteroatoms. The van der Waals surface area contributed by atoms with Gasteiger partial charge in [-0.1, -0.05) is 6.07 Å². The van der Waals surface area contributed by atoms with Crippen LogP contribution in [-0.2, 0) is 4.79 Å². The largest absolute Gasteiger partial charge is 0.394 e. The van der Waals surface area contributed by atoms with Crippen molar-refractivity contribution in [3.8, 4) is 0 Å². The number of nitrogens with one attached hydrogen (secondary N) is 1. The maximum absolute atomic E-state index is 11.1. The Balaban J connectivity index is 2.30. The minimum absolute atomic E-state index is 0.0201. The van der Waals surface area contributed by atoms with E-state index in [2.05, 4.69) is 5.32 Å². The van der Waals surface area contributed by atoms with Gasteiger partial charge in [0.25, 0.3) is 0 Å². The van der Waals surface area contributed by atoms with Crippen molar-refractivity contribution in [2.45, 2.75) is 10.9 Å². The number of amides is 1. The number of carbonyl (C=O) groups excluding carboxylic acids is 1. The summed E-state index contributed by atoms with van der Waals surface area (Å²) in [6.45, 7) is -0.0736. The monoisotopic (exact) mass is 224 g/mol. The molecule has 2 rings (SSSR count). The smallest absolute Gasteiger partial charge is 0.234 e. The molecule has 0 bridgehead atoms. The maximum Gasteiger partial charge on any atom is 0.234 e. The Labute approximate surface area is 91.9 Å². The zero-order valence-corrected chi connectivity index (χ0v) is 8.88. The molecule has 1 aliphatic heterocycles. The Morgan fingerprint density at radius 3 is 3.13 bits per heavy atom. The molecule has 0 radical (unpaired) electrons. The lowest BCUT2D eigenvalue weighted by Crippen LogP contribution is -2.20. The van der Waals surface area contributed by atoms with Crippen LogP contribution in [0.1, 0.15) is 11.6 Å². The number of hydrogen-bond donors (Lipinski definition) is 3. The summed E-state index contributed by atoms with van der Waals surface area (Å²) < 4.78 is 0. The number of benzene rings is 1. The average molecular weight is 224 g/mol. The summed E-state index contributed by atoms with van der Waals surface area (Å²) in [6, 6.07) is 5.21. The number of nitrogens with two attached hydrogens (primary N) is 1. The van der Waals surface area contributed by atoms with Gasteiger partial charge in [-0.15, -0.1) is 11.8 Å². The zero-order chi connectivity index (χ0) is 10.8. The highest BCUT2D eigenvalue weighted by molar-refractivity contribution is 8.00. The number of carbonyl (C=O) groups is 1. The van der Waals surface area contributed by atoms with Crippen LogP contribution in [0.25, 0.3) is 0 Å². The second kappa shape index (κ2) is 4.22. The molecule has 1 aromatic carbocycles. The first-order valence-electron chi connectivity index (χ1n) is 4.63. The van der Waals surface area contributed by atoms with Crippen LogP contribution >= 0.6 is 11.8 Å². The minimum Gasteiger partial charge on any atom is -0.394 e. The molecule has 0 fully saturated rings. The number of aliphatic hydroxyl groups is 1. The number of fused-ring (bicyclic) bond motifs is 1. The first kappa shape index (κ1) is 10.5. The molecule has 1 heterocycles. The van der Waals surface area contributed by atoms with Gasteiger partial charge in [0.05, 0.1) is 24.1 Å². The van der Waals surface area contributed by atoms with E-state index in [9.17, 15) is 4.79 Å². The van der Waals surface area contributed by atoms with Crippen LogP contribution in [0, 0.1) is 0 Å². The highest BCUT2D eigenvalue weighted by Gasteiger charge is 2.16. The Morgan fingerprint density at radius 2 is 2.40 bits per heavy atom. The van der Waals surface area contributed by atoms with E-state index in [0.717, 1.165) is 16.1 Å². The second-order valence-corrected chi connectivity index (χ2v) is 4.40. The SMILES string of the molecule is NC(CO)c1ccc2c(c1)SCC(=O)N2. The Morgan fingerprint density at radius 1 is 1.60 bits per heavy atom. The van der Waals surface area contributed by atoms with E-state index in [4.69, 9.17) is 10.8 Å². The van der Waals surface area contributed by atoms with E-state index in [1.807, 2.05) is 18.2 Å². The van der Waals surface area contributed by atoms with Crippen molar-refractivity contribution < 1.29 is 9.90 Å². The molecular formula is C10H12N2O2S. The van der Waals surface area contributed by atoms with Crippen LogP contribution in [0.15, 0.2) is 23.1 Å². The molecule has 4 N–H and O–H groups in total. The van der Waals surface area contributed by atoms with Gasteiger partial charge >= 0.3 is 0 Å². The third-order valence-electron chi connectivity index (χ3n) is 2.26. The Hall–Kier alpha value is -1.04. The highest BCUT2D eigenvalue weighted by Crippen LogP contribution is 2.33. The molecule has 4 nitrogen and oxygen atoms in total. The summed E-state index contributed by atoms with van der Waals surface area (Å²) >= 11 is 1.49. The third-order valence-corrected chi connectivity index (χ3v) is 3.32. The summed E-state index contributed by atoms with van der Waals surface area (Å²) in [6.07, 6.45) is 0. The topological polar surface area (TPSA) is 75.3 Å². The van der Waals surface area contributed by atoms with Crippen molar-refractivity contribution in [2.75, 3.05) is 17.7 Å². The highest BCUT2D eigenvalue weighted by atomic mass is 32.2. The number of anilines is 1. The summed E-state index contributed by atoms with van der Waals surface area (Å²) in [5.74, 6) is 0.455. The van der Waals surface area contributed by atoms with Gasteiger partial charge in [0.1, 0.15) is 0 Å². The van der Waals surface area contributed by atoms with E-state index in [-0.39, 0.29) is 18.6 Å². The average Bonchev–Trinajstić information content (AvgIpc) is 2.27. The number of rotatable bonds is 2. The van der Waals surface area contributed by atoms with E-state index in [0.29, 0.717) is 5.75 Å². The Bertz CT molecular complexity index is 395. The summed E-state index contributed by atoms with van der Waals surface area (Å²) in [7, 11) is 0. The number of thioether (sulfide) groups is 1. The zero-order valence-electron chi connectivity index (χ0n) is 8.06. The quantitative estimate of drug-likeness (QED) is 0.692. The molecule has 1 unspecified atom stereocenters. The van der Waals surface area contributed by atoms with Crippen molar-refractivity contribution in [2.24, 2.45) is 5.73 Å². The lowest BCUT2D eigenvalue weighted by Gasteiger charge is -2.18. The molecule has 1 atom stereocenters. The number of hydrogen-bond acceptors (Lipinski definition) is 4. The predicted molar refractivity (Wildman–Crippen MR) is 59.8 cm³/mol. The van der Waals surface area contributed by atoms with E-state index in [1.54, 1.807) is 0 Å². The molecule has 0 saturated carbocycles. The van der Waals surface area contributed by atoms with Crippen LogP contribution in [0.5, 0.6) is 0 Å². The molecule has 1 aromatic rings. The van der Waals surface area contributed by atoms with Crippen LogP contribution in [0.2, 0.25) is 0 Å². The molecular weight excluding hydrogens is 212 g/mol. The standard InChI is InChI=1S/C10H12N2O2S/c11-7(4-13)6-1-2-8-9(3-6)15-5-10(14)12-8/h1-3,7,13H,4-5,11H2,(H,12,14). The molecule has 0 aliphatic carbocycles. The van der Waals surface area contributed by atoms with Crippen molar-refractivity contribution in [3.05, 3.63) is 23.8 Å². The van der Waals surface area contributed by atoms with Crippen molar-refractivity contribution in [1.82, 2.24) is 0 Å². The molecule has 80 valence electrons. The molecule has 0 aromatic heterocycles. The fourth-order valence-electron chi connectivity index (χ4n) is 1.43.